The van der Waals surface area contributed by atoms with Crippen molar-refractivity contribution in [2.24, 2.45) is 0 Å². The molecule has 24 heavy (non-hydrogen) atoms. The fraction of sp³-hybridized carbons (Fsp3) is 0.522. The van der Waals surface area contributed by atoms with Crippen molar-refractivity contribution in [3.63, 3.8) is 0 Å². The van der Waals surface area contributed by atoms with E-state index < -0.39 is 0 Å². The lowest BCUT2D eigenvalue weighted by atomic mass is 10.0. The van der Waals surface area contributed by atoms with Crippen molar-refractivity contribution in [1.82, 2.24) is 0 Å². The van der Waals surface area contributed by atoms with Crippen LogP contribution in [0.15, 0.2) is 59.8 Å². The minimum absolute atomic E-state index is 0.762. The molecule has 0 amide bonds. The molecule has 0 aliphatic heterocycles. The highest BCUT2D eigenvalue weighted by molar-refractivity contribution is 5.41. The molecule has 1 nitrogen and oxygen atoms in total. The van der Waals surface area contributed by atoms with Crippen molar-refractivity contribution >= 4 is 0 Å². The summed E-state index contributed by atoms with van der Waals surface area (Å²) in [6, 6.07) is 2.20. The first-order chi connectivity index (χ1) is 11.5. The van der Waals surface area contributed by atoms with Crippen molar-refractivity contribution in [1.29, 1.82) is 5.26 Å². The maximum Gasteiger partial charge on any atom is 0.0946 e. The summed E-state index contributed by atoms with van der Waals surface area (Å²) in [5.74, 6) is 0. The highest BCUT2D eigenvalue weighted by atomic mass is 14.2. The van der Waals surface area contributed by atoms with Gasteiger partial charge < -0.3 is 0 Å². The van der Waals surface area contributed by atoms with Crippen LogP contribution in [-0.2, 0) is 0 Å². The Bertz CT molecular complexity index is 509. The van der Waals surface area contributed by atoms with Crippen molar-refractivity contribution in [2.45, 2.75) is 78.6 Å². The first kappa shape index (κ1) is 22.2. The molecule has 0 aromatic heterocycles. The van der Waals surface area contributed by atoms with Gasteiger partial charge in [0.05, 0.1) is 6.07 Å². The fourth-order valence-corrected chi connectivity index (χ4v) is 2.31. The van der Waals surface area contributed by atoms with Gasteiger partial charge in [0, 0.05) is 5.57 Å². The van der Waals surface area contributed by atoms with E-state index in [4.69, 9.17) is 5.26 Å². The largest absolute Gasteiger partial charge is 0.193 e. The third-order valence-corrected chi connectivity index (χ3v) is 4.19. The molecule has 0 N–H and O–H groups in total. The molecule has 0 unspecified atom stereocenters. The van der Waals surface area contributed by atoms with E-state index in [0.717, 1.165) is 29.6 Å². The molecule has 0 bridgehead atoms. The van der Waals surface area contributed by atoms with Crippen LogP contribution in [0.5, 0.6) is 0 Å². The standard InChI is InChI=1S/C23H35N/c1-6-8-9-10-11-12-13-14-20(3)15-16-21(4)22(5)17-18-23(7-2)19-24/h15-18H,3-4,6-14H2,1-2,5H3/b16-15-,22-17+,23-18+. The van der Waals surface area contributed by atoms with Crippen LogP contribution in [0.1, 0.15) is 78.6 Å². The maximum atomic E-state index is 8.92. The Morgan fingerprint density at radius 1 is 0.917 bits per heavy atom. The van der Waals surface area contributed by atoms with E-state index in [0.29, 0.717) is 0 Å². The summed E-state index contributed by atoms with van der Waals surface area (Å²) in [6.07, 6.45) is 19.1. The number of hydrogen-bond donors (Lipinski definition) is 0. The number of nitriles is 1. The lowest BCUT2D eigenvalue weighted by Gasteiger charge is -2.03. The van der Waals surface area contributed by atoms with Gasteiger partial charge in [-0.2, -0.15) is 5.26 Å². The molecule has 0 atom stereocenters. The minimum atomic E-state index is 0.762. The summed E-state index contributed by atoms with van der Waals surface area (Å²) in [7, 11) is 0. The summed E-state index contributed by atoms with van der Waals surface area (Å²) >= 11 is 0. The van der Waals surface area contributed by atoms with E-state index in [1.54, 1.807) is 0 Å². The van der Waals surface area contributed by atoms with Gasteiger partial charge in [-0.1, -0.05) is 89.3 Å². The zero-order valence-electron chi connectivity index (χ0n) is 16.0. The second-order valence-corrected chi connectivity index (χ2v) is 6.40. The first-order valence-corrected chi connectivity index (χ1v) is 9.37. The molecule has 0 spiro atoms. The summed E-state index contributed by atoms with van der Waals surface area (Å²) in [4.78, 5) is 0. The van der Waals surface area contributed by atoms with Crippen LogP contribution in [0.4, 0.5) is 0 Å². The van der Waals surface area contributed by atoms with Gasteiger partial charge >= 0.3 is 0 Å². The zero-order valence-corrected chi connectivity index (χ0v) is 16.0. The molecule has 0 fully saturated rings. The smallest absolute Gasteiger partial charge is 0.0946 e. The van der Waals surface area contributed by atoms with E-state index in [9.17, 15) is 0 Å². The van der Waals surface area contributed by atoms with Crippen molar-refractivity contribution in [3.8, 4) is 6.07 Å². The summed E-state index contributed by atoms with van der Waals surface area (Å²) in [5, 5.41) is 8.92. The number of rotatable bonds is 13. The number of nitrogens with zero attached hydrogens (tertiary/aromatic N) is 1. The second kappa shape index (κ2) is 14.8. The summed E-state index contributed by atoms with van der Waals surface area (Å²) in [6.45, 7) is 14.5. The molecule has 0 radical (unpaired) electrons. The predicted octanol–water partition coefficient (Wildman–Crippen LogP) is 7.60. The van der Waals surface area contributed by atoms with E-state index >= 15 is 0 Å². The predicted molar refractivity (Wildman–Crippen MR) is 108 cm³/mol. The summed E-state index contributed by atoms with van der Waals surface area (Å²) in [5.41, 5.74) is 4.00. The highest BCUT2D eigenvalue weighted by Crippen LogP contribution is 2.15. The molecule has 0 aliphatic carbocycles. The molecule has 0 aromatic rings. The fourth-order valence-electron chi connectivity index (χ4n) is 2.31. The minimum Gasteiger partial charge on any atom is -0.193 e. The van der Waals surface area contributed by atoms with Crippen LogP contribution in [-0.4, -0.2) is 0 Å². The Balaban J connectivity index is 4.12. The Morgan fingerprint density at radius 3 is 2.12 bits per heavy atom. The third kappa shape index (κ3) is 11.7. The summed E-state index contributed by atoms with van der Waals surface area (Å²) < 4.78 is 0. The molecule has 0 saturated carbocycles. The second-order valence-electron chi connectivity index (χ2n) is 6.40. The van der Waals surface area contributed by atoms with Gasteiger partial charge in [-0.3, -0.25) is 0 Å². The van der Waals surface area contributed by atoms with Crippen molar-refractivity contribution < 1.29 is 0 Å². The van der Waals surface area contributed by atoms with Gasteiger partial charge in [0.25, 0.3) is 0 Å². The molecular formula is C23H35N. The average molecular weight is 326 g/mol. The molecule has 0 saturated heterocycles. The Morgan fingerprint density at radius 2 is 1.54 bits per heavy atom. The average Bonchev–Trinajstić information content (AvgIpc) is 2.59. The lowest BCUT2D eigenvalue weighted by molar-refractivity contribution is 0.590. The van der Waals surface area contributed by atoms with Crippen LogP contribution >= 0.6 is 0 Å². The van der Waals surface area contributed by atoms with Crippen LogP contribution in [0.2, 0.25) is 0 Å². The van der Waals surface area contributed by atoms with Gasteiger partial charge in [0.2, 0.25) is 0 Å². The van der Waals surface area contributed by atoms with E-state index in [-0.39, 0.29) is 0 Å². The monoisotopic (exact) mass is 325 g/mol. The van der Waals surface area contributed by atoms with Crippen LogP contribution in [0, 0.1) is 11.3 Å². The SMILES string of the molecule is C=C(/C=C\C(=C)/C(C)=C/C=C(/C#N)CC)CCCCCCCCC. The molecule has 0 heterocycles. The van der Waals surface area contributed by atoms with Gasteiger partial charge in [0.1, 0.15) is 0 Å². The maximum absolute atomic E-state index is 8.92. The Kier molecular flexibility index (Phi) is 13.6. The normalized spacial score (nSPS) is 12.4. The number of unbranched alkanes of at least 4 members (excludes halogenated alkanes) is 6. The third-order valence-electron chi connectivity index (χ3n) is 4.19. The first-order valence-electron chi connectivity index (χ1n) is 9.37. The number of hydrogen-bond acceptors (Lipinski definition) is 1. The Hall–Kier alpha value is -1.81. The van der Waals surface area contributed by atoms with E-state index in [2.05, 4.69) is 32.2 Å². The number of allylic oxidation sites excluding steroid dienone is 8. The molecule has 0 rings (SSSR count). The molecule has 132 valence electrons. The molecule has 0 aliphatic rings. The van der Waals surface area contributed by atoms with Gasteiger partial charge in [-0.15, -0.1) is 0 Å². The molecule has 1 heteroatoms. The van der Waals surface area contributed by atoms with Crippen LogP contribution in [0.3, 0.4) is 0 Å². The van der Waals surface area contributed by atoms with Crippen molar-refractivity contribution in [2.75, 3.05) is 0 Å². The Labute approximate surface area is 150 Å². The van der Waals surface area contributed by atoms with Crippen molar-refractivity contribution in [3.05, 3.63) is 59.8 Å². The van der Waals surface area contributed by atoms with Crippen LogP contribution in [0.25, 0.3) is 0 Å². The van der Waals surface area contributed by atoms with E-state index in [1.165, 1.54) is 50.5 Å². The van der Waals surface area contributed by atoms with Gasteiger partial charge in [0.15, 0.2) is 0 Å². The highest BCUT2D eigenvalue weighted by Gasteiger charge is 1.95. The molecule has 0 aromatic carbocycles. The molecular weight excluding hydrogens is 290 g/mol. The quantitative estimate of drug-likeness (QED) is 0.194. The van der Waals surface area contributed by atoms with Crippen LogP contribution < -0.4 is 0 Å². The topological polar surface area (TPSA) is 23.8 Å². The van der Waals surface area contributed by atoms with Gasteiger partial charge in [-0.25, -0.2) is 0 Å². The zero-order chi connectivity index (χ0) is 18.2. The lowest BCUT2D eigenvalue weighted by Crippen LogP contribution is -1.83. The van der Waals surface area contributed by atoms with Gasteiger partial charge in [-0.05, 0) is 43.4 Å². The van der Waals surface area contributed by atoms with E-state index in [1.807, 2.05) is 32.1 Å².